The highest BCUT2D eigenvalue weighted by molar-refractivity contribution is 5.59. The molecular formula is C28H39N5. The molecule has 5 heteroatoms. The van der Waals surface area contributed by atoms with Crippen molar-refractivity contribution in [3.05, 3.63) is 30.0 Å². The second-order valence-corrected chi connectivity index (χ2v) is 12.9. The van der Waals surface area contributed by atoms with E-state index in [0.29, 0.717) is 5.41 Å². The largest absolute Gasteiger partial charge is 0.302 e. The van der Waals surface area contributed by atoms with Crippen molar-refractivity contribution >= 4 is 0 Å². The van der Waals surface area contributed by atoms with Crippen molar-refractivity contribution in [1.29, 1.82) is 0 Å². The van der Waals surface area contributed by atoms with Gasteiger partial charge in [-0.3, -0.25) is 14.6 Å². The third-order valence-corrected chi connectivity index (χ3v) is 10.1. The van der Waals surface area contributed by atoms with Gasteiger partial charge in [0.1, 0.15) is 0 Å². The van der Waals surface area contributed by atoms with Gasteiger partial charge in [-0.25, -0.2) is 0 Å². The first-order valence-electron chi connectivity index (χ1n) is 13.5. The number of fused-ring (bicyclic) bond motifs is 1. The lowest BCUT2D eigenvalue weighted by atomic mass is 9.49. The first-order chi connectivity index (χ1) is 16.0. The predicted molar refractivity (Wildman–Crippen MR) is 129 cm³/mol. The number of hydrogen-bond donors (Lipinski definition) is 0. The van der Waals surface area contributed by atoms with Crippen LogP contribution in [0.2, 0.25) is 0 Å². The molecule has 0 aromatic carbocycles. The van der Waals surface area contributed by atoms with E-state index in [9.17, 15) is 0 Å². The van der Waals surface area contributed by atoms with E-state index in [2.05, 4.69) is 10.00 Å². The van der Waals surface area contributed by atoms with E-state index >= 15 is 0 Å². The summed E-state index contributed by atoms with van der Waals surface area (Å²) in [5.74, 6) is 5.89. The smallest absolute Gasteiger partial charge is 0.0919 e. The zero-order valence-corrected chi connectivity index (χ0v) is 20.4. The fourth-order valence-electron chi connectivity index (χ4n) is 9.52. The predicted octanol–water partition coefficient (Wildman–Crippen LogP) is 4.90. The summed E-state index contributed by atoms with van der Waals surface area (Å²) in [7, 11) is 1.96. The standard InChI is InChI=1S/C28H39N5/c1-18-26(16-32(2)31-18)27-13-29-25(12-30-27)8-19-6-23-14-33(15-24(23)7-19)17-28-9-20-3-21(10-28)5-22(4-20)11-28/h12-13,16,19-24H,3-11,14-15,17H2,1-2H3/t19?,20?,21?,22?,23-,24+,28?. The first kappa shape index (κ1) is 20.6. The Bertz CT molecular complexity index is 974. The molecule has 2 aromatic rings. The molecule has 6 aliphatic rings. The van der Waals surface area contributed by atoms with Crippen LogP contribution in [0.1, 0.15) is 62.8 Å². The molecule has 3 heterocycles. The fourth-order valence-corrected chi connectivity index (χ4v) is 9.52. The molecule has 8 rings (SSSR count). The molecule has 4 bridgehead atoms. The number of rotatable bonds is 5. The minimum absolute atomic E-state index is 0.705. The van der Waals surface area contributed by atoms with E-state index in [1.54, 1.807) is 38.5 Å². The average Bonchev–Trinajstić information content (AvgIpc) is 3.39. The van der Waals surface area contributed by atoms with Crippen molar-refractivity contribution in [3.63, 3.8) is 0 Å². The number of hydrogen-bond acceptors (Lipinski definition) is 4. The Morgan fingerprint density at radius 1 is 0.909 bits per heavy atom. The summed E-state index contributed by atoms with van der Waals surface area (Å²) in [6.07, 6.45) is 19.3. The highest BCUT2D eigenvalue weighted by Crippen LogP contribution is 2.60. The summed E-state index contributed by atoms with van der Waals surface area (Å²) in [4.78, 5) is 12.4. The Kier molecular flexibility index (Phi) is 4.76. The molecule has 0 radical (unpaired) electrons. The highest BCUT2D eigenvalue weighted by atomic mass is 15.2. The topological polar surface area (TPSA) is 46.8 Å². The van der Waals surface area contributed by atoms with Crippen LogP contribution >= 0.6 is 0 Å². The van der Waals surface area contributed by atoms with Gasteiger partial charge in [-0.1, -0.05) is 0 Å². The molecule has 176 valence electrons. The fraction of sp³-hybridized carbons (Fsp3) is 0.750. The maximum Gasteiger partial charge on any atom is 0.0919 e. The van der Waals surface area contributed by atoms with Gasteiger partial charge in [-0.2, -0.15) is 5.10 Å². The molecule has 33 heavy (non-hydrogen) atoms. The molecule has 5 nitrogen and oxygen atoms in total. The molecule has 1 unspecified atom stereocenters. The summed E-state index contributed by atoms with van der Waals surface area (Å²) in [6, 6.07) is 0. The minimum atomic E-state index is 0.705. The molecule has 0 N–H and O–H groups in total. The second kappa shape index (κ2) is 7.63. The average molecular weight is 446 g/mol. The summed E-state index contributed by atoms with van der Waals surface area (Å²) >= 11 is 0. The Labute approximate surface area is 198 Å². The van der Waals surface area contributed by atoms with E-state index in [4.69, 9.17) is 9.97 Å². The third kappa shape index (κ3) is 3.75. The Morgan fingerprint density at radius 3 is 2.12 bits per heavy atom. The SMILES string of the molecule is Cc1nn(C)cc1-c1cnc(CC2C[C@@H]3CN(CC45CC6CC(CC(C6)C4)C5)C[C@@H]3C2)cn1. The van der Waals surface area contributed by atoms with Gasteiger partial charge in [0.15, 0.2) is 0 Å². The van der Waals surface area contributed by atoms with Crippen LogP contribution in [0.5, 0.6) is 0 Å². The zero-order chi connectivity index (χ0) is 22.2. The first-order valence-corrected chi connectivity index (χ1v) is 13.5. The van der Waals surface area contributed by atoms with Gasteiger partial charge < -0.3 is 4.90 Å². The lowest BCUT2D eigenvalue weighted by Crippen LogP contribution is -2.51. The maximum absolute atomic E-state index is 4.79. The van der Waals surface area contributed by atoms with Gasteiger partial charge >= 0.3 is 0 Å². The molecule has 1 aliphatic heterocycles. The molecule has 5 aliphatic carbocycles. The van der Waals surface area contributed by atoms with E-state index < -0.39 is 0 Å². The van der Waals surface area contributed by atoms with Crippen molar-refractivity contribution in [2.24, 2.45) is 48.0 Å². The molecule has 3 atom stereocenters. The monoisotopic (exact) mass is 445 g/mol. The van der Waals surface area contributed by atoms with Gasteiger partial charge in [0.2, 0.25) is 0 Å². The van der Waals surface area contributed by atoms with Crippen LogP contribution in [0.4, 0.5) is 0 Å². The van der Waals surface area contributed by atoms with E-state index in [1.165, 1.54) is 32.5 Å². The quantitative estimate of drug-likeness (QED) is 0.657. The molecular weight excluding hydrogens is 406 g/mol. The van der Waals surface area contributed by atoms with Crippen molar-refractivity contribution in [2.75, 3.05) is 19.6 Å². The molecule has 2 aromatic heterocycles. The Hall–Kier alpha value is -1.75. The van der Waals surface area contributed by atoms with E-state index in [0.717, 1.165) is 64.6 Å². The molecule has 1 saturated heterocycles. The van der Waals surface area contributed by atoms with Gasteiger partial charge in [0.05, 0.1) is 23.3 Å². The summed E-state index contributed by atoms with van der Waals surface area (Å²) < 4.78 is 1.85. The van der Waals surface area contributed by atoms with Crippen LogP contribution in [-0.2, 0) is 13.5 Å². The normalized spacial score (nSPS) is 39.5. The van der Waals surface area contributed by atoms with Crippen molar-refractivity contribution < 1.29 is 0 Å². The van der Waals surface area contributed by atoms with Crippen LogP contribution in [0.3, 0.4) is 0 Å². The van der Waals surface area contributed by atoms with Crippen molar-refractivity contribution in [3.8, 4) is 11.3 Å². The van der Waals surface area contributed by atoms with E-state index in [-0.39, 0.29) is 0 Å². The zero-order valence-electron chi connectivity index (χ0n) is 20.4. The Morgan fingerprint density at radius 2 is 1.58 bits per heavy atom. The van der Waals surface area contributed by atoms with Crippen LogP contribution in [-0.4, -0.2) is 44.3 Å². The third-order valence-electron chi connectivity index (χ3n) is 10.1. The highest BCUT2D eigenvalue weighted by Gasteiger charge is 2.52. The van der Waals surface area contributed by atoms with Crippen molar-refractivity contribution in [1.82, 2.24) is 24.6 Å². The lowest BCUT2D eigenvalue weighted by Gasteiger charge is -2.57. The lowest BCUT2D eigenvalue weighted by molar-refractivity contribution is -0.0673. The van der Waals surface area contributed by atoms with Crippen LogP contribution in [0.25, 0.3) is 11.3 Å². The van der Waals surface area contributed by atoms with Gasteiger partial charge in [-0.15, -0.1) is 0 Å². The molecule has 0 spiro atoms. The number of aromatic nitrogens is 4. The molecule has 5 saturated carbocycles. The second-order valence-electron chi connectivity index (χ2n) is 12.9. The summed E-state index contributed by atoms with van der Waals surface area (Å²) in [6.45, 7) is 6.20. The van der Waals surface area contributed by atoms with Crippen LogP contribution in [0.15, 0.2) is 18.6 Å². The number of likely N-dealkylation sites (tertiary alicyclic amines) is 1. The van der Waals surface area contributed by atoms with Gasteiger partial charge in [0, 0.05) is 44.6 Å². The van der Waals surface area contributed by atoms with E-state index in [1.807, 2.05) is 37.2 Å². The Balaban J connectivity index is 0.947. The van der Waals surface area contributed by atoms with Gasteiger partial charge in [-0.05, 0) is 106 Å². The summed E-state index contributed by atoms with van der Waals surface area (Å²) in [5, 5.41) is 4.44. The summed E-state index contributed by atoms with van der Waals surface area (Å²) in [5.41, 5.74) is 4.91. The van der Waals surface area contributed by atoms with Gasteiger partial charge in [0.25, 0.3) is 0 Å². The number of aryl methyl sites for hydroxylation is 2. The molecule has 6 fully saturated rings. The maximum atomic E-state index is 4.79. The van der Waals surface area contributed by atoms with Crippen molar-refractivity contribution in [2.45, 2.75) is 64.7 Å². The minimum Gasteiger partial charge on any atom is -0.302 e. The number of nitrogens with zero attached hydrogens (tertiary/aromatic N) is 5. The van der Waals surface area contributed by atoms with Crippen LogP contribution < -0.4 is 0 Å². The molecule has 0 amide bonds. The van der Waals surface area contributed by atoms with Crippen LogP contribution in [0, 0.1) is 47.8 Å².